The molecule has 6 heteroatoms. The van der Waals surface area contributed by atoms with E-state index in [1.54, 1.807) is 33.7 Å². The molecule has 1 amide bonds. The number of hydrogen-bond donors (Lipinski definition) is 0. The van der Waals surface area contributed by atoms with Crippen LogP contribution >= 0.6 is 0 Å². The van der Waals surface area contributed by atoms with Crippen molar-refractivity contribution in [1.29, 1.82) is 5.26 Å². The van der Waals surface area contributed by atoms with E-state index < -0.39 is 0 Å². The van der Waals surface area contributed by atoms with Gasteiger partial charge in [0.05, 0.1) is 17.1 Å². The van der Waals surface area contributed by atoms with Gasteiger partial charge >= 0.3 is 5.76 Å². The monoisotopic (exact) mass is 361 g/mol. The molecule has 2 aromatic carbocycles. The van der Waals surface area contributed by atoms with Gasteiger partial charge in [-0.2, -0.15) is 5.26 Å². The van der Waals surface area contributed by atoms with Crippen LogP contribution in [-0.4, -0.2) is 28.5 Å². The number of carbonyl (C=O) groups excluding carboxylic acids is 1. The second-order valence-corrected chi connectivity index (χ2v) is 6.93. The summed E-state index contributed by atoms with van der Waals surface area (Å²) >= 11 is 0. The molecule has 1 aliphatic rings. The summed E-state index contributed by atoms with van der Waals surface area (Å²) in [6, 6.07) is 14.5. The number of rotatable bonds is 2. The van der Waals surface area contributed by atoms with E-state index in [1.165, 1.54) is 0 Å². The van der Waals surface area contributed by atoms with Gasteiger partial charge in [-0.1, -0.05) is 12.1 Å². The molecule has 0 N–H and O–H groups in total. The topological polar surface area (TPSA) is 79.2 Å². The average Bonchev–Trinajstić information content (AvgIpc) is 3.02. The van der Waals surface area contributed by atoms with Crippen molar-refractivity contribution in [3.8, 4) is 6.07 Å². The zero-order valence-electron chi connectivity index (χ0n) is 15.0. The molecule has 1 aromatic heterocycles. The number of likely N-dealkylation sites (tertiary alicyclic amines) is 1. The lowest BCUT2D eigenvalue weighted by atomic mass is 10.0. The van der Waals surface area contributed by atoms with Crippen LogP contribution in [0.2, 0.25) is 0 Å². The van der Waals surface area contributed by atoms with Gasteiger partial charge in [0, 0.05) is 24.7 Å². The van der Waals surface area contributed by atoms with Gasteiger partial charge in [-0.3, -0.25) is 9.36 Å². The van der Waals surface area contributed by atoms with Gasteiger partial charge in [-0.15, -0.1) is 0 Å². The molecule has 0 aliphatic carbocycles. The molecular weight excluding hydrogens is 342 g/mol. The zero-order valence-corrected chi connectivity index (χ0v) is 15.0. The summed E-state index contributed by atoms with van der Waals surface area (Å²) in [6.45, 7) is 3.11. The Morgan fingerprint density at radius 2 is 1.96 bits per heavy atom. The highest BCUT2D eigenvalue weighted by Crippen LogP contribution is 2.27. The molecule has 0 bridgehead atoms. The number of amides is 1. The van der Waals surface area contributed by atoms with E-state index in [2.05, 4.69) is 6.07 Å². The fraction of sp³-hybridized carbons (Fsp3) is 0.286. The van der Waals surface area contributed by atoms with Crippen LogP contribution in [0.4, 0.5) is 0 Å². The first-order valence-corrected chi connectivity index (χ1v) is 8.98. The summed E-state index contributed by atoms with van der Waals surface area (Å²) in [5.74, 6) is -0.423. The molecule has 27 heavy (non-hydrogen) atoms. The van der Waals surface area contributed by atoms with Crippen LogP contribution in [0, 0.1) is 18.3 Å². The summed E-state index contributed by atoms with van der Waals surface area (Å²) in [4.78, 5) is 26.8. The number of fused-ring (bicyclic) bond motifs is 1. The predicted molar refractivity (Wildman–Crippen MR) is 101 cm³/mol. The Hall–Kier alpha value is -3.33. The van der Waals surface area contributed by atoms with E-state index in [9.17, 15) is 9.59 Å². The maximum absolute atomic E-state index is 12.7. The van der Waals surface area contributed by atoms with Gasteiger partial charge in [0.25, 0.3) is 5.91 Å². The Morgan fingerprint density at radius 3 is 2.70 bits per heavy atom. The second-order valence-electron chi connectivity index (χ2n) is 6.93. The van der Waals surface area contributed by atoms with Crippen molar-refractivity contribution in [1.82, 2.24) is 9.47 Å². The number of aryl methyl sites for hydroxylation is 1. The van der Waals surface area contributed by atoms with Gasteiger partial charge in [-0.25, -0.2) is 4.79 Å². The van der Waals surface area contributed by atoms with E-state index in [0.717, 1.165) is 11.1 Å². The lowest BCUT2D eigenvalue weighted by Gasteiger charge is -2.32. The van der Waals surface area contributed by atoms with Gasteiger partial charge < -0.3 is 9.32 Å². The summed E-state index contributed by atoms with van der Waals surface area (Å²) in [7, 11) is 0. The average molecular weight is 361 g/mol. The number of nitrogens with zero attached hydrogens (tertiary/aromatic N) is 3. The molecule has 0 atom stereocenters. The first-order chi connectivity index (χ1) is 13.1. The second kappa shape index (κ2) is 6.76. The Morgan fingerprint density at radius 1 is 1.19 bits per heavy atom. The lowest BCUT2D eigenvalue weighted by molar-refractivity contribution is 0.0694. The van der Waals surface area contributed by atoms with Gasteiger partial charge in [-0.05, 0) is 55.7 Å². The van der Waals surface area contributed by atoms with Crippen LogP contribution in [0.1, 0.15) is 40.4 Å². The minimum atomic E-state index is -0.345. The number of carbonyl (C=O) groups is 1. The van der Waals surface area contributed by atoms with Crippen LogP contribution < -0.4 is 5.76 Å². The quantitative estimate of drug-likeness (QED) is 0.702. The number of benzene rings is 2. The molecular formula is C21H19N3O3. The van der Waals surface area contributed by atoms with Crippen molar-refractivity contribution in [3.63, 3.8) is 0 Å². The minimum Gasteiger partial charge on any atom is -0.408 e. The van der Waals surface area contributed by atoms with Gasteiger partial charge in [0.1, 0.15) is 0 Å². The standard InChI is InChI=1S/C21H19N3O3/c1-14-5-6-19-18(11-14)24(21(26)27-19)17-7-9-23(10-8-17)20(25)16-4-2-3-15(12-16)13-22/h2-6,11-12,17H,7-10H2,1H3. The van der Waals surface area contributed by atoms with Crippen LogP contribution in [0.15, 0.2) is 51.7 Å². The maximum Gasteiger partial charge on any atom is 0.420 e. The van der Waals surface area contributed by atoms with Crippen molar-refractivity contribution < 1.29 is 9.21 Å². The first kappa shape index (κ1) is 17.1. The highest BCUT2D eigenvalue weighted by molar-refractivity contribution is 5.94. The van der Waals surface area contributed by atoms with Crippen molar-refractivity contribution >= 4 is 17.0 Å². The van der Waals surface area contributed by atoms with E-state index >= 15 is 0 Å². The van der Waals surface area contributed by atoms with Crippen LogP contribution in [0.25, 0.3) is 11.1 Å². The van der Waals surface area contributed by atoms with Crippen molar-refractivity contribution in [2.24, 2.45) is 0 Å². The molecule has 0 unspecified atom stereocenters. The van der Waals surface area contributed by atoms with Crippen molar-refractivity contribution in [2.45, 2.75) is 25.8 Å². The molecule has 2 heterocycles. The first-order valence-electron chi connectivity index (χ1n) is 8.98. The van der Waals surface area contributed by atoms with E-state index in [1.807, 2.05) is 25.1 Å². The summed E-state index contributed by atoms with van der Waals surface area (Å²) < 4.78 is 7.10. The van der Waals surface area contributed by atoms with Crippen LogP contribution in [-0.2, 0) is 0 Å². The van der Waals surface area contributed by atoms with Gasteiger partial charge in [0.15, 0.2) is 5.58 Å². The SMILES string of the molecule is Cc1ccc2oc(=O)n(C3CCN(C(=O)c4cccc(C#N)c4)CC3)c2c1. The third-order valence-electron chi connectivity index (χ3n) is 5.12. The van der Waals surface area contributed by atoms with Gasteiger partial charge in [0.2, 0.25) is 0 Å². The molecule has 0 radical (unpaired) electrons. The lowest BCUT2D eigenvalue weighted by Crippen LogP contribution is -2.40. The van der Waals surface area contributed by atoms with E-state index in [4.69, 9.17) is 9.68 Å². The number of nitriles is 1. The summed E-state index contributed by atoms with van der Waals surface area (Å²) in [6.07, 6.45) is 1.37. The van der Waals surface area contributed by atoms with Crippen LogP contribution in [0.3, 0.4) is 0 Å². The highest BCUT2D eigenvalue weighted by Gasteiger charge is 2.27. The number of piperidine rings is 1. The summed E-state index contributed by atoms with van der Waals surface area (Å²) in [5, 5.41) is 9.01. The number of hydrogen-bond acceptors (Lipinski definition) is 4. The normalized spacial score (nSPS) is 15.0. The third kappa shape index (κ3) is 3.13. The Bertz CT molecular complexity index is 1110. The largest absolute Gasteiger partial charge is 0.420 e. The van der Waals surface area contributed by atoms with E-state index in [-0.39, 0.29) is 17.7 Å². The maximum atomic E-state index is 12.7. The minimum absolute atomic E-state index is 0.00930. The Balaban J connectivity index is 1.53. The molecule has 1 fully saturated rings. The molecule has 3 aromatic rings. The van der Waals surface area contributed by atoms with Crippen molar-refractivity contribution in [3.05, 3.63) is 69.7 Å². The fourth-order valence-corrected chi connectivity index (χ4v) is 3.72. The third-order valence-corrected chi connectivity index (χ3v) is 5.12. The Labute approximate surface area is 156 Å². The molecule has 4 rings (SSSR count). The molecule has 136 valence electrons. The fourth-order valence-electron chi connectivity index (χ4n) is 3.72. The zero-order chi connectivity index (χ0) is 19.0. The smallest absolute Gasteiger partial charge is 0.408 e. The van der Waals surface area contributed by atoms with Crippen molar-refractivity contribution in [2.75, 3.05) is 13.1 Å². The molecule has 0 spiro atoms. The number of oxazole rings is 1. The number of aromatic nitrogens is 1. The van der Waals surface area contributed by atoms with Crippen LogP contribution in [0.5, 0.6) is 0 Å². The molecule has 6 nitrogen and oxygen atoms in total. The molecule has 1 saturated heterocycles. The predicted octanol–water partition coefficient (Wildman–Crippen LogP) is 3.25. The highest BCUT2D eigenvalue weighted by atomic mass is 16.4. The van der Waals surface area contributed by atoms with E-state index in [0.29, 0.717) is 42.6 Å². The Kier molecular flexibility index (Phi) is 4.28. The molecule has 0 saturated carbocycles. The summed E-state index contributed by atoms with van der Waals surface area (Å²) in [5.41, 5.74) is 3.47. The molecule has 1 aliphatic heterocycles.